The van der Waals surface area contributed by atoms with Crippen molar-refractivity contribution in [3.63, 3.8) is 0 Å². The van der Waals surface area contributed by atoms with E-state index in [-0.39, 0.29) is 0 Å². The van der Waals surface area contributed by atoms with Gasteiger partial charge in [0.15, 0.2) is 0 Å². The molecule has 0 rings (SSSR count). The molecule has 0 saturated heterocycles. The van der Waals surface area contributed by atoms with Crippen LogP contribution in [0.5, 0.6) is 0 Å². The van der Waals surface area contributed by atoms with Gasteiger partial charge in [-0.1, -0.05) is 18.2 Å². The van der Waals surface area contributed by atoms with Gasteiger partial charge < -0.3 is 10.4 Å². The fourth-order valence-corrected chi connectivity index (χ4v) is 0.577. The third-order valence-corrected chi connectivity index (χ3v) is 1.28. The number of rotatable bonds is 4. The molecule has 0 heterocycles. The summed E-state index contributed by atoms with van der Waals surface area (Å²) < 4.78 is 0. The maximum atomic E-state index is 10.9. The number of aliphatic carboxylic acids is 1. The summed E-state index contributed by atoms with van der Waals surface area (Å²) in [4.78, 5) is 21.2. The Morgan fingerprint density at radius 2 is 2.00 bits per heavy atom. The molecule has 1 unspecified atom stereocenters. The number of carbonyl (C=O) groups excluding carboxylic acids is 1. The van der Waals surface area contributed by atoms with Gasteiger partial charge in [-0.3, -0.25) is 9.59 Å². The van der Waals surface area contributed by atoms with E-state index in [0.29, 0.717) is 0 Å². The SMILES string of the molecule is C/C=C/C=C/C(=O)NC(C)C(=O)O. The minimum Gasteiger partial charge on any atom is -0.480 e. The predicted molar refractivity (Wildman–Crippen MR) is 49.2 cm³/mol. The first-order valence-corrected chi connectivity index (χ1v) is 3.90. The Bertz CT molecular complexity index is 243. The molecule has 0 radical (unpaired) electrons. The summed E-state index contributed by atoms with van der Waals surface area (Å²) in [6.07, 6.45) is 6.28. The Balaban J connectivity index is 3.94. The molecule has 2 N–H and O–H groups in total. The quantitative estimate of drug-likeness (QED) is 0.498. The minimum absolute atomic E-state index is 0.409. The monoisotopic (exact) mass is 183 g/mol. The van der Waals surface area contributed by atoms with Gasteiger partial charge in [0.25, 0.3) is 0 Å². The van der Waals surface area contributed by atoms with Crippen molar-refractivity contribution in [2.24, 2.45) is 0 Å². The van der Waals surface area contributed by atoms with Crippen LogP contribution in [0.2, 0.25) is 0 Å². The van der Waals surface area contributed by atoms with Crippen molar-refractivity contribution < 1.29 is 14.7 Å². The molecule has 0 aromatic rings. The second-order valence-corrected chi connectivity index (χ2v) is 2.45. The number of carboxylic acid groups (broad SMARTS) is 1. The lowest BCUT2D eigenvalue weighted by atomic mass is 10.3. The van der Waals surface area contributed by atoms with Crippen molar-refractivity contribution in [3.8, 4) is 0 Å². The molecule has 0 aromatic heterocycles. The third-order valence-electron chi connectivity index (χ3n) is 1.28. The van der Waals surface area contributed by atoms with Crippen molar-refractivity contribution >= 4 is 11.9 Å². The normalized spacial score (nSPS) is 13.4. The van der Waals surface area contributed by atoms with Gasteiger partial charge in [-0.15, -0.1) is 0 Å². The number of nitrogens with one attached hydrogen (secondary N) is 1. The maximum Gasteiger partial charge on any atom is 0.325 e. The molecular weight excluding hydrogens is 170 g/mol. The number of amides is 1. The van der Waals surface area contributed by atoms with Crippen LogP contribution in [0.1, 0.15) is 13.8 Å². The second-order valence-electron chi connectivity index (χ2n) is 2.45. The molecule has 4 heteroatoms. The molecule has 0 aliphatic heterocycles. The fourth-order valence-electron chi connectivity index (χ4n) is 0.577. The molecule has 0 saturated carbocycles. The average Bonchev–Trinajstić information content (AvgIpc) is 2.04. The van der Waals surface area contributed by atoms with E-state index in [1.807, 2.05) is 6.92 Å². The average molecular weight is 183 g/mol. The maximum absolute atomic E-state index is 10.9. The Kier molecular flexibility index (Phi) is 5.27. The van der Waals surface area contributed by atoms with Gasteiger partial charge in [0.1, 0.15) is 6.04 Å². The molecular formula is C9H13NO3. The van der Waals surface area contributed by atoms with E-state index in [0.717, 1.165) is 0 Å². The molecule has 1 amide bonds. The van der Waals surface area contributed by atoms with Crippen LogP contribution in [0.3, 0.4) is 0 Å². The highest BCUT2D eigenvalue weighted by Gasteiger charge is 2.11. The first-order chi connectivity index (χ1) is 6.07. The van der Waals surface area contributed by atoms with Gasteiger partial charge in [-0.25, -0.2) is 0 Å². The second kappa shape index (κ2) is 5.99. The number of hydrogen-bond donors (Lipinski definition) is 2. The van der Waals surface area contributed by atoms with Crippen LogP contribution in [0.25, 0.3) is 0 Å². The van der Waals surface area contributed by atoms with Crippen LogP contribution in [0.4, 0.5) is 0 Å². The first-order valence-electron chi connectivity index (χ1n) is 3.90. The molecule has 13 heavy (non-hydrogen) atoms. The number of carbonyl (C=O) groups is 2. The Morgan fingerprint density at radius 3 is 2.46 bits per heavy atom. The zero-order valence-electron chi connectivity index (χ0n) is 7.65. The molecule has 1 atom stereocenters. The first kappa shape index (κ1) is 11.4. The van der Waals surface area contributed by atoms with Crippen molar-refractivity contribution in [1.82, 2.24) is 5.32 Å². The predicted octanol–water partition coefficient (Wildman–Crippen LogP) is 0.708. The van der Waals surface area contributed by atoms with Crippen LogP contribution in [0, 0.1) is 0 Å². The number of hydrogen-bond acceptors (Lipinski definition) is 2. The number of carboxylic acids is 1. The van der Waals surface area contributed by atoms with E-state index < -0.39 is 17.9 Å². The minimum atomic E-state index is -1.05. The van der Waals surface area contributed by atoms with Crippen molar-refractivity contribution in [2.75, 3.05) is 0 Å². The van der Waals surface area contributed by atoms with Gasteiger partial charge in [0.2, 0.25) is 5.91 Å². The van der Waals surface area contributed by atoms with Crippen LogP contribution >= 0.6 is 0 Å². The van der Waals surface area contributed by atoms with Gasteiger partial charge >= 0.3 is 5.97 Å². The molecule has 0 spiro atoms. The summed E-state index contributed by atoms with van der Waals surface area (Å²) in [6.45, 7) is 3.23. The fraction of sp³-hybridized carbons (Fsp3) is 0.333. The zero-order chi connectivity index (χ0) is 10.3. The highest BCUT2D eigenvalue weighted by atomic mass is 16.4. The van der Waals surface area contributed by atoms with Crippen molar-refractivity contribution in [1.29, 1.82) is 0 Å². The summed E-state index contributed by atoms with van der Waals surface area (Å²) in [5.74, 6) is -1.46. The van der Waals surface area contributed by atoms with Gasteiger partial charge in [0.05, 0.1) is 0 Å². The summed E-state index contributed by atoms with van der Waals surface area (Å²) in [5, 5.41) is 10.7. The molecule has 0 aromatic carbocycles. The van der Waals surface area contributed by atoms with Crippen LogP contribution in [0.15, 0.2) is 24.3 Å². The summed E-state index contributed by atoms with van der Waals surface area (Å²) in [5.41, 5.74) is 0. The van der Waals surface area contributed by atoms with Gasteiger partial charge in [-0.05, 0) is 13.8 Å². The zero-order valence-corrected chi connectivity index (χ0v) is 7.65. The van der Waals surface area contributed by atoms with E-state index in [1.165, 1.54) is 13.0 Å². The van der Waals surface area contributed by atoms with E-state index in [2.05, 4.69) is 5.32 Å². The molecule has 72 valence electrons. The van der Waals surface area contributed by atoms with E-state index >= 15 is 0 Å². The van der Waals surface area contributed by atoms with Gasteiger partial charge in [-0.2, -0.15) is 0 Å². The smallest absolute Gasteiger partial charge is 0.325 e. The standard InChI is InChI=1S/C9H13NO3/c1-3-4-5-6-8(11)10-7(2)9(12)13/h3-7H,1-2H3,(H,10,11)(H,12,13)/b4-3+,6-5+. The van der Waals surface area contributed by atoms with Crippen LogP contribution < -0.4 is 5.32 Å². The van der Waals surface area contributed by atoms with Crippen LogP contribution in [-0.2, 0) is 9.59 Å². The third kappa shape index (κ3) is 5.66. The molecule has 0 aliphatic rings. The summed E-state index contributed by atoms with van der Waals surface area (Å²) >= 11 is 0. The number of allylic oxidation sites excluding steroid dienone is 3. The lowest BCUT2D eigenvalue weighted by Crippen LogP contribution is -2.37. The van der Waals surface area contributed by atoms with Crippen LogP contribution in [-0.4, -0.2) is 23.0 Å². The van der Waals surface area contributed by atoms with E-state index in [4.69, 9.17) is 5.11 Å². The highest BCUT2D eigenvalue weighted by Crippen LogP contribution is 1.83. The summed E-state index contributed by atoms with van der Waals surface area (Å²) in [7, 11) is 0. The molecule has 4 nitrogen and oxygen atoms in total. The Labute approximate surface area is 76.9 Å². The molecule has 0 fully saturated rings. The summed E-state index contributed by atoms with van der Waals surface area (Å²) in [6, 6.07) is -0.859. The van der Waals surface area contributed by atoms with Gasteiger partial charge in [0, 0.05) is 6.08 Å². The Hall–Kier alpha value is -1.58. The van der Waals surface area contributed by atoms with E-state index in [1.54, 1.807) is 18.2 Å². The lowest BCUT2D eigenvalue weighted by Gasteiger charge is -2.05. The largest absolute Gasteiger partial charge is 0.480 e. The van der Waals surface area contributed by atoms with Crippen molar-refractivity contribution in [2.45, 2.75) is 19.9 Å². The topological polar surface area (TPSA) is 66.4 Å². The lowest BCUT2D eigenvalue weighted by molar-refractivity contribution is -0.140. The molecule has 0 bridgehead atoms. The Morgan fingerprint density at radius 1 is 1.38 bits per heavy atom. The van der Waals surface area contributed by atoms with Crippen molar-refractivity contribution in [3.05, 3.63) is 24.3 Å². The van der Waals surface area contributed by atoms with E-state index in [9.17, 15) is 9.59 Å². The molecule has 0 aliphatic carbocycles. The highest BCUT2D eigenvalue weighted by molar-refractivity contribution is 5.91.